The number of ether oxygens (including phenoxy) is 1. The number of benzene rings is 3. The largest absolute Gasteiger partial charge is 0.487 e. The summed E-state index contributed by atoms with van der Waals surface area (Å²) < 4.78 is 35.1. The SMILES string of the molecule is CCc1ccccc1N(CC(=O)N[C@@H]1CC(CC)(CC)Oc2ccccc21)S(=O)(=O)c1ccccc1. The van der Waals surface area contributed by atoms with Crippen molar-refractivity contribution in [1.29, 1.82) is 0 Å². The Morgan fingerprint density at radius 3 is 2.28 bits per heavy atom. The van der Waals surface area contributed by atoms with E-state index in [4.69, 9.17) is 4.74 Å². The molecule has 3 aromatic rings. The molecule has 36 heavy (non-hydrogen) atoms. The van der Waals surface area contributed by atoms with E-state index in [1.165, 1.54) is 4.31 Å². The minimum atomic E-state index is -3.97. The molecule has 3 aromatic carbocycles. The molecule has 1 atom stereocenters. The number of carbonyl (C=O) groups is 1. The van der Waals surface area contributed by atoms with Crippen LogP contribution in [0.1, 0.15) is 57.2 Å². The molecule has 1 amide bonds. The van der Waals surface area contributed by atoms with Crippen molar-refractivity contribution in [1.82, 2.24) is 5.32 Å². The average Bonchev–Trinajstić information content (AvgIpc) is 2.92. The Kier molecular flexibility index (Phi) is 7.69. The van der Waals surface area contributed by atoms with Crippen molar-refractivity contribution >= 4 is 21.6 Å². The molecule has 0 saturated heterocycles. The molecule has 0 aliphatic carbocycles. The topological polar surface area (TPSA) is 75.7 Å². The van der Waals surface area contributed by atoms with Crippen LogP contribution < -0.4 is 14.4 Å². The molecule has 0 spiro atoms. The van der Waals surface area contributed by atoms with Gasteiger partial charge in [0.25, 0.3) is 10.0 Å². The van der Waals surface area contributed by atoms with E-state index >= 15 is 0 Å². The summed E-state index contributed by atoms with van der Waals surface area (Å²) in [6, 6.07) is 23.0. The number of para-hydroxylation sites is 2. The number of hydrogen-bond donors (Lipinski definition) is 1. The molecule has 1 aliphatic heterocycles. The van der Waals surface area contributed by atoms with Crippen LogP contribution in [0.5, 0.6) is 5.75 Å². The highest BCUT2D eigenvalue weighted by molar-refractivity contribution is 7.92. The van der Waals surface area contributed by atoms with Crippen LogP contribution in [-0.2, 0) is 21.2 Å². The molecule has 7 heteroatoms. The Labute approximate surface area is 214 Å². The predicted molar refractivity (Wildman–Crippen MR) is 143 cm³/mol. The molecule has 0 aromatic heterocycles. The molecule has 0 radical (unpaired) electrons. The number of anilines is 1. The molecule has 0 fully saturated rings. The summed E-state index contributed by atoms with van der Waals surface area (Å²) >= 11 is 0. The minimum Gasteiger partial charge on any atom is -0.487 e. The van der Waals surface area contributed by atoms with Gasteiger partial charge in [-0.1, -0.05) is 75.4 Å². The fraction of sp³-hybridized carbons (Fsp3) is 0.345. The maximum Gasteiger partial charge on any atom is 0.264 e. The lowest BCUT2D eigenvalue weighted by Crippen LogP contribution is -2.47. The number of fused-ring (bicyclic) bond motifs is 1. The van der Waals surface area contributed by atoms with Crippen molar-refractivity contribution in [3.8, 4) is 5.75 Å². The quantitative estimate of drug-likeness (QED) is 0.407. The molecule has 6 nitrogen and oxygen atoms in total. The van der Waals surface area contributed by atoms with Crippen LogP contribution in [-0.4, -0.2) is 26.5 Å². The summed E-state index contributed by atoms with van der Waals surface area (Å²) in [6.07, 6.45) is 2.88. The van der Waals surface area contributed by atoms with Gasteiger partial charge in [-0.15, -0.1) is 0 Å². The van der Waals surface area contributed by atoms with E-state index in [1.807, 2.05) is 43.3 Å². The van der Waals surface area contributed by atoms with Gasteiger partial charge in [0, 0.05) is 12.0 Å². The van der Waals surface area contributed by atoms with Gasteiger partial charge in [-0.25, -0.2) is 8.42 Å². The van der Waals surface area contributed by atoms with Crippen LogP contribution in [0.4, 0.5) is 5.69 Å². The van der Waals surface area contributed by atoms with E-state index in [0.29, 0.717) is 18.5 Å². The fourth-order valence-electron chi connectivity index (χ4n) is 4.87. The summed E-state index contributed by atoms with van der Waals surface area (Å²) in [7, 11) is -3.97. The first-order valence-electron chi connectivity index (χ1n) is 12.6. The molecule has 4 rings (SSSR count). The second-order valence-electron chi connectivity index (χ2n) is 9.16. The van der Waals surface area contributed by atoms with Gasteiger partial charge < -0.3 is 10.1 Å². The number of carbonyl (C=O) groups excluding carboxylic acids is 1. The molecule has 190 valence electrons. The molecule has 0 unspecified atom stereocenters. The predicted octanol–water partition coefficient (Wildman–Crippen LogP) is 5.64. The summed E-state index contributed by atoms with van der Waals surface area (Å²) in [5.41, 5.74) is 1.91. The van der Waals surface area contributed by atoms with Crippen molar-refractivity contribution in [2.45, 2.75) is 63.0 Å². The van der Waals surface area contributed by atoms with Gasteiger partial charge in [0.15, 0.2) is 0 Å². The van der Waals surface area contributed by atoms with Gasteiger partial charge in [-0.3, -0.25) is 9.10 Å². The zero-order valence-electron chi connectivity index (χ0n) is 21.1. The van der Waals surface area contributed by atoms with Crippen LogP contribution >= 0.6 is 0 Å². The van der Waals surface area contributed by atoms with Gasteiger partial charge in [0.1, 0.15) is 17.9 Å². The van der Waals surface area contributed by atoms with Gasteiger partial charge in [0.05, 0.1) is 16.6 Å². The van der Waals surface area contributed by atoms with E-state index in [9.17, 15) is 13.2 Å². The van der Waals surface area contributed by atoms with Crippen LogP contribution in [0.2, 0.25) is 0 Å². The monoisotopic (exact) mass is 506 g/mol. The number of rotatable bonds is 9. The second kappa shape index (κ2) is 10.7. The summed E-state index contributed by atoms with van der Waals surface area (Å²) in [6.45, 7) is 5.83. The maximum absolute atomic E-state index is 13.7. The molecule has 0 bridgehead atoms. The Morgan fingerprint density at radius 1 is 0.944 bits per heavy atom. The normalized spacial score (nSPS) is 16.5. The number of amides is 1. The third-order valence-corrected chi connectivity index (χ3v) is 8.85. The molecule has 1 heterocycles. The zero-order chi connectivity index (χ0) is 25.8. The van der Waals surface area contributed by atoms with Crippen LogP contribution in [0, 0.1) is 0 Å². The fourth-order valence-corrected chi connectivity index (χ4v) is 6.35. The smallest absolute Gasteiger partial charge is 0.264 e. The second-order valence-corrected chi connectivity index (χ2v) is 11.0. The van der Waals surface area contributed by atoms with E-state index in [2.05, 4.69) is 19.2 Å². The Morgan fingerprint density at radius 2 is 1.58 bits per heavy atom. The first kappa shape index (κ1) is 25.8. The standard InChI is InChI=1S/C29H34N2O4S/c1-4-22-14-10-12-18-26(22)31(36(33,34)23-15-8-7-9-16-23)21-28(32)30-25-20-29(5-2,6-3)35-27-19-13-11-17-24(25)27/h7-19,25H,4-6,20-21H2,1-3H3,(H,30,32)/t25-/m1/s1. The first-order valence-corrected chi connectivity index (χ1v) is 14.0. The first-order chi connectivity index (χ1) is 17.3. The van der Waals surface area contributed by atoms with Gasteiger partial charge >= 0.3 is 0 Å². The van der Waals surface area contributed by atoms with Gasteiger partial charge in [0.2, 0.25) is 5.91 Å². The minimum absolute atomic E-state index is 0.149. The van der Waals surface area contributed by atoms with Crippen molar-refractivity contribution < 1.29 is 17.9 Å². The summed E-state index contributed by atoms with van der Waals surface area (Å²) in [5, 5.41) is 3.13. The van der Waals surface area contributed by atoms with Crippen LogP contribution in [0.25, 0.3) is 0 Å². The summed E-state index contributed by atoms with van der Waals surface area (Å²) in [5.74, 6) is 0.408. The molecule has 1 aliphatic rings. The highest BCUT2D eigenvalue weighted by atomic mass is 32.2. The van der Waals surface area contributed by atoms with Crippen molar-refractivity contribution in [2.75, 3.05) is 10.8 Å². The third-order valence-electron chi connectivity index (χ3n) is 7.08. The molecular weight excluding hydrogens is 472 g/mol. The van der Waals surface area contributed by atoms with Crippen molar-refractivity contribution in [2.24, 2.45) is 0 Å². The lowest BCUT2D eigenvalue weighted by atomic mass is 9.83. The Balaban J connectivity index is 1.68. The van der Waals surface area contributed by atoms with E-state index < -0.39 is 10.0 Å². The van der Waals surface area contributed by atoms with E-state index in [-0.39, 0.29) is 29.0 Å². The third kappa shape index (κ3) is 5.12. The highest BCUT2D eigenvalue weighted by Gasteiger charge is 2.39. The number of nitrogens with one attached hydrogen (secondary N) is 1. The van der Waals surface area contributed by atoms with E-state index in [0.717, 1.165) is 29.7 Å². The van der Waals surface area contributed by atoms with Crippen molar-refractivity contribution in [3.63, 3.8) is 0 Å². The zero-order valence-corrected chi connectivity index (χ0v) is 21.9. The molecular formula is C29H34N2O4S. The average molecular weight is 507 g/mol. The number of nitrogens with zero attached hydrogens (tertiary/aromatic N) is 1. The Bertz CT molecular complexity index is 1300. The van der Waals surface area contributed by atoms with Gasteiger partial charge in [-0.05, 0) is 49.1 Å². The molecule has 1 N–H and O–H groups in total. The number of sulfonamides is 1. The summed E-state index contributed by atoms with van der Waals surface area (Å²) in [4.78, 5) is 13.7. The molecule has 0 saturated carbocycles. The van der Waals surface area contributed by atoms with E-state index in [1.54, 1.807) is 42.5 Å². The van der Waals surface area contributed by atoms with Crippen LogP contribution in [0.15, 0.2) is 83.8 Å². The van der Waals surface area contributed by atoms with Crippen molar-refractivity contribution in [3.05, 3.63) is 90.0 Å². The van der Waals surface area contributed by atoms with Crippen LogP contribution in [0.3, 0.4) is 0 Å². The number of hydrogen-bond acceptors (Lipinski definition) is 4. The number of aryl methyl sites for hydroxylation is 1. The highest BCUT2D eigenvalue weighted by Crippen LogP contribution is 2.42. The lowest BCUT2D eigenvalue weighted by Gasteiger charge is -2.41. The maximum atomic E-state index is 13.7. The lowest BCUT2D eigenvalue weighted by molar-refractivity contribution is -0.121. The van der Waals surface area contributed by atoms with Gasteiger partial charge in [-0.2, -0.15) is 0 Å². The Hall–Kier alpha value is -3.32.